The summed E-state index contributed by atoms with van der Waals surface area (Å²) in [4.78, 5) is 0. The average Bonchev–Trinajstić information content (AvgIpc) is 2.34. The quantitative estimate of drug-likeness (QED) is 0.577. The number of alkyl halides is 3. The van der Waals surface area contributed by atoms with Gasteiger partial charge in [-0.3, -0.25) is 0 Å². The van der Waals surface area contributed by atoms with Gasteiger partial charge in [-0.25, -0.2) is 13.2 Å². The molecule has 0 atom stereocenters. The maximum absolute atomic E-state index is 13.0. The first-order chi connectivity index (χ1) is 9.26. The lowest BCUT2D eigenvalue weighted by Crippen LogP contribution is -2.16. The third-order valence-corrected chi connectivity index (χ3v) is 2.41. The molecule has 0 saturated carbocycles. The molecule has 0 aliphatic rings. The van der Waals surface area contributed by atoms with Gasteiger partial charge in [-0.05, 0) is 35.4 Å². The van der Waals surface area contributed by atoms with Crippen molar-refractivity contribution in [2.45, 2.75) is 6.36 Å². The molecule has 0 spiro atoms. The molecular formula is C13H6F6O. The first kappa shape index (κ1) is 14.2. The molecule has 0 aliphatic carbocycles. The summed E-state index contributed by atoms with van der Waals surface area (Å²) < 4.78 is 78.4. The Kier molecular flexibility index (Phi) is 3.61. The molecular weight excluding hydrogens is 286 g/mol. The molecule has 0 N–H and O–H groups in total. The first-order valence-electron chi connectivity index (χ1n) is 5.27. The minimum atomic E-state index is -4.82. The Morgan fingerprint density at radius 1 is 0.750 bits per heavy atom. The van der Waals surface area contributed by atoms with Gasteiger partial charge in [0, 0.05) is 0 Å². The molecule has 106 valence electrons. The molecule has 0 unspecified atom stereocenters. The molecule has 0 radical (unpaired) electrons. The van der Waals surface area contributed by atoms with Crippen molar-refractivity contribution in [1.82, 2.24) is 0 Å². The normalized spacial score (nSPS) is 11.5. The second kappa shape index (κ2) is 5.07. The highest BCUT2D eigenvalue weighted by Gasteiger charge is 2.30. The predicted octanol–water partition coefficient (Wildman–Crippen LogP) is 4.67. The monoisotopic (exact) mass is 292 g/mol. The molecule has 0 bridgehead atoms. The second-order valence-corrected chi connectivity index (χ2v) is 3.83. The minimum absolute atomic E-state index is 0.0000383. The van der Waals surface area contributed by atoms with Crippen LogP contribution in [-0.2, 0) is 0 Å². The van der Waals surface area contributed by atoms with Crippen LogP contribution >= 0.6 is 0 Å². The van der Waals surface area contributed by atoms with Crippen LogP contribution in [0.15, 0.2) is 36.4 Å². The molecule has 2 aromatic rings. The first-order valence-corrected chi connectivity index (χ1v) is 5.27. The van der Waals surface area contributed by atoms with Crippen LogP contribution in [0.4, 0.5) is 26.3 Å². The number of hydrogen-bond donors (Lipinski definition) is 0. The van der Waals surface area contributed by atoms with E-state index in [0.29, 0.717) is 0 Å². The van der Waals surface area contributed by atoms with Gasteiger partial charge in [-0.15, -0.1) is 13.2 Å². The zero-order valence-electron chi connectivity index (χ0n) is 9.64. The van der Waals surface area contributed by atoms with Crippen molar-refractivity contribution in [2.75, 3.05) is 0 Å². The molecule has 7 heteroatoms. The highest BCUT2D eigenvalue weighted by molar-refractivity contribution is 5.64. The van der Waals surface area contributed by atoms with Crippen molar-refractivity contribution in [3.8, 4) is 16.9 Å². The van der Waals surface area contributed by atoms with E-state index in [1.165, 1.54) is 12.1 Å². The molecule has 2 rings (SSSR count). The number of rotatable bonds is 2. The highest BCUT2D eigenvalue weighted by Crippen LogP contribution is 2.28. The largest absolute Gasteiger partial charge is 0.573 e. The highest BCUT2D eigenvalue weighted by atomic mass is 19.4. The van der Waals surface area contributed by atoms with Gasteiger partial charge >= 0.3 is 6.36 Å². The summed E-state index contributed by atoms with van der Waals surface area (Å²) >= 11 is 0. The predicted molar refractivity (Wildman–Crippen MR) is 58.4 cm³/mol. The van der Waals surface area contributed by atoms with Crippen molar-refractivity contribution in [1.29, 1.82) is 0 Å². The molecule has 2 aromatic carbocycles. The topological polar surface area (TPSA) is 9.23 Å². The fraction of sp³-hybridized carbons (Fsp3) is 0.0769. The Hall–Kier alpha value is -2.18. The SMILES string of the molecule is Fc1cc(-c2ccc(OC(F)(F)F)cc2)cc(F)c1F. The lowest BCUT2D eigenvalue weighted by atomic mass is 10.1. The van der Waals surface area contributed by atoms with Crippen LogP contribution in [0, 0.1) is 17.5 Å². The van der Waals surface area contributed by atoms with E-state index in [2.05, 4.69) is 4.74 Å². The summed E-state index contributed by atoms with van der Waals surface area (Å²) in [5, 5.41) is 0. The molecule has 0 saturated heterocycles. The summed E-state index contributed by atoms with van der Waals surface area (Å²) in [5.74, 6) is -4.83. The lowest BCUT2D eigenvalue weighted by Gasteiger charge is -2.09. The maximum Gasteiger partial charge on any atom is 0.573 e. The van der Waals surface area contributed by atoms with E-state index in [0.717, 1.165) is 24.3 Å². The van der Waals surface area contributed by atoms with E-state index in [1.54, 1.807) is 0 Å². The Morgan fingerprint density at radius 3 is 1.70 bits per heavy atom. The van der Waals surface area contributed by atoms with E-state index in [1.807, 2.05) is 0 Å². The number of halogens is 6. The zero-order chi connectivity index (χ0) is 14.9. The summed E-state index contributed by atoms with van der Waals surface area (Å²) in [5.41, 5.74) is 0.220. The van der Waals surface area contributed by atoms with E-state index >= 15 is 0 Å². The van der Waals surface area contributed by atoms with Crippen molar-refractivity contribution < 1.29 is 31.1 Å². The van der Waals surface area contributed by atoms with Crippen LogP contribution in [0.5, 0.6) is 5.75 Å². The molecule has 0 amide bonds. The Labute approximate surface area is 109 Å². The van der Waals surface area contributed by atoms with E-state index in [-0.39, 0.29) is 11.1 Å². The maximum atomic E-state index is 13.0. The van der Waals surface area contributed by atoms with Crippen LogP contribution in [0.1, 0.15) is 0 Å². The van der Waals surface area contributed by atoms with E-state index in [4.69, 9.17) is 0 Å². The molecule has 20 heavy (non-hydrogen) atoms. The summed E-state index contributed by atoms with van der Waals surface area (Å²) in [6, 6.07) is 5.82. The van der Waals surface area contributed by atoms with Crippen molar-refractivity contribution in [3.05, 3.63) is 53.8 Å². The lowest BCUT2D eigenvalue weighted by molar-refractivity contribution is -0.274. The van der Waals surface area contributed by atoms with Crippen LogP contribution in [0.25, 0.3) is 11.1 Å². The Morgan fingerprint density at radius 2 is 1.25 bits per heavy atom. The smallest absolute Gasteiger partial charge is 0.406 e. The number of hydrogen-bond acceptors (Lipinski definition) is 1. The van der Waals surface area contributed by atoms with Gasteiger partial charge in [0.25, 0.3) is 0 Å². The molecule has 0 aliphatic heterocycles. The van der Waals surface area contributed by atoms with Crippen molar-refractivity contribution >= 4 is 0 Å². The Bertz CT molecular complexity index is 595. The van der Waals surface area contributed by atoms with Gasteiger partial charge in [-0.2, -0.15) is 0 Å². The van der Waals surface area contributed by atoms with E-state index in [9.17, 15) is 26.3 Å². The third kappa shape index (κ3) is 3.23. The average molecular weight is 292 g/mol. The molecule has 0 heterocycles. The van der Waals surface area contributed by atoms with Gasteiger partial charge in [-0.1, -0.05) is 12.1 Å². The van der Waals surface area contributed by atoms with Gasteiger partial charge in [0.2, 0.25) is 0 Å². The van der Waals surface area contributed by atoms with E-state index < -0.39 is 29.6 Å². The van der Waals surface area contributed by atoms with Gasteiger partial charge in [0.05, 0.1) is 0 Å². The minimum Gasteiger partial charge on any atom is -0.406 e. The summed E-state index contributed by atoms with van der Waals surface area (Å²) in [7, 11) is 0. The Balaban J connectivity index is 2.31. The van der Waals surface area contributed by atoms with Crippen LogP contribution in [0.2, 0.25) is 0 Å². The molecule has 1 nitrogen and oxygen atoms in total. The zero-order valence-corrected chi connectivity index (χ0v) is 9.64. The number of ether oxygens (including phenoxy) is 1. The summed E-state index contributed by atoms with van der Waals surface area (Å²) in [6.45, 7) is 0. The molecule has 0 aromatic heterocycles. The fourth-order valence-corrected chi connectivity index (χ4v) is 1.57. The van der Waals surface area contributed by atoms with Gasteiger partial charge in [0.1, 0.15) is 5.75 Å². The van der Waals surface area contributed by atoms with Crippen molar-refractivity contribution in [3.63, 3.8) is 0 Å². The van der Waals surface area contributed by atoms with Crippen LogP contribution in [-0.4, -0.2) is 6.36 Å². The van der Waals surface area contributed by atoms with Crippen molar-refractivity contribution in [2.24, 2.45) is 0 Å². The van der Waals surface area contributed by atoms with Crippen LogP contribution in [0.3, 0.4) is 0 Å². The van der Waals surface area contributed by atoms with Crippen LogP contribution < -0.4 is 4.74 Å². The standard InChI is InChI=1S/C13H6F6O/c14-10-5-8(6-11(15)12(10)16)7-1-3-9(4-2-7)20-13(17,18)19/h1-6H. The summed E-state index contributed by atoms with van der Waals surface area (Å²) in [6.07, 6.45) is -4.82. The van der Waals surface area contributed by atoms with Gasteiger partial charge in [0.15, 0.2) is 17.5 Å². The number of benzene rings is 2. The molecule has 0 fully saturated rings. The third-order valence-electron chi connectivity index (χ3n) is 2.41. The fourth-order valence-electron chi connectivity index (χ4n) is 1.57. The second-order valence-electron chi connectivity index (χ2n) is 3.83. The van der Waals surface area contributed by atoms with Gasteiger partial charge < -0.3 is 4.74 Å².